The maximum absolute atomic E-state index is 12.9. The van der Waals surface area contributed by atoms with E-state index in [4.69, 9.17) is 11.6 Å². The van der Waals surface area contributed by atoms with Gasteiger partial charge in [-0.2, -0.15) is 0 Å². The SMILES string of the molecule is CN(C)CCCN(C(=O)C=Cc1ccc([N+](=O)[O-])s1)c1nc2ccc(Cl)cc2s1.Cl. The van der Waals surface area contributed by atoms with Crippen LogP contribution in [0.2, 0.25) is 5.02 Å². The molecule has 2 aromatic heterocycles. The average Bonchev–Trinajstić information content (AvgIpc) is 3.29. The van der Waals surface area contributed by atoms with E-state index in [0.29, 0.717) is 21.6 Å². The minimum Gasteiger partial charge on any atom is -0.309 e. The first-order valence-corrected chi connectivity index (χ1v) is 10.8. The Labute approximate surface area is 193 Å². The minimum absolute atomic E-state index is 0. The Morgan fingerprint density at radius 3 is 2.67 bits per heavy atom. The van der Waals surface area contributed by atoms with Crippen molar-refractivity contribution in [1.29, 1.82) is 0 Å². The molecule has 0 saturated heterocycles. The molecular formula is C19H20Cl2N4O3S2. The largest absolute Gasteiger partial charge is 0.324 e. The van der Waals surface area contributed by atoms with E-state index >= 15 is 0 Å². The van der Waals surface area contributed by atoms with E-state index < -0.39 is 4.92 Å². The molecule has 1 aromatic carbocycles. The third kappa shape index (κ3) is 6.23. The predicted octanol–water partition coefficient (Wildman–Crippen LogP) is 5.34. The number of benzene rings is 1. The second-order valence-electron chi connectivity index (χ2n) is 6.52. The van der Waals surface area contributed by atoms with E-state index in [2.05, 4.69) is 9.88 Å². The summed E-state index contributed by atoms with van der Waals surface area (Å²) in [5.41, 5.74) is 0.790. The van der Waals surface area contributed by atoms with Crippen molar-refractivity contribution in [3.05, 3.63) is 56.4 Å². The molecule has 0 radical (unpaired) electrons. The average molecular weight is 487 g/mol. The Morgan fingerprint density at radius 1 is 1.23 bits per heavy atom. The van der Waals surface area contributed by atoms with Gasteiger partial charge < -0.3 is 4.90 Å². The number of carbonyl (C=O) groups is 1. The summed E-state index contributed by atoms with van der Waals surface area (Å²) in [4.78, 5) is 32.2. The Balaban J connectivity index is 0.00000320. The molecule has 0 N–H and O–H groups in total. The molecule has 0 unspecified atom stereocenters. The first-order chi connectivity index (χ1) is 13.8. The molecule has 0 aliphatic rings. The van der Waals surface area contributed by atoms with Gasteiger partial charge in [0.25, 0.3) is 5.91 Å². The first-order valence-electron chi connectivity index (χ1n) is 8.78. The topological polar surface area (TPSA) is 79.6 Å². The zero-order valence-electron chi connectivity index (χ0n) is 16.3. The van der Waals surface area contributed by atoms with Crippen molar-refractivity contribution in [2.75, 3.05) is 32.1 Å². The lowest BCUT2D eigenvalue weighted by atomic mass is 10.3. The van der Waals surface area contributed by atoms with Crippen molar-refractivity contribution in [3.8, 4) is 0 Å². The van der Waals surface area contributed by atoms with Gasteiger partial charge in [0.05, 0.1) is 15.1 Å². The van der Waals surface area contributed by atoms with Crippen LogP contribution in [0.1, 0.15) is 11.3 Å². The fourth-order valence-electron chi connectivity index (χ4n) is 2.62. The van der Waals surface area contributed by atoms with Crippen molar-refractivity contribution < 1.29 is 9.72 Å². The van der Waals surface area contributed by atoms with Crippen LogP contribution in [0.5, 0.6) is 0 Å². The second kappa shape index (κ2) is 10.8. The molecule has 1 amide bonds. The van der Waals surface area contributed by atoms with E-state index in [1.54, 1.807) is 23.1 Å². The molecule has 160 valence electrons. The molecule has 7 nitrogen and oxygen atoms in total. The molecule has 0 saturated carbocycles. The number of aromatic nitrogens is 1. The van der Waals surface area contributed by atoms with Gasteiger partial charge >= 0.3 is 5.00 Å². The summed E-state index contributed by atoms with van der Waals surface area (Å²) in [5.74, 6) is -0.218. The summed E-state index contributed by atoms with van der Waals surface area (Å²) in [5, 5.41) is 12.1. The van der Waals surface area contributed by atoms with Crippen molar-refractivity contribution in [2.45, 2.75) is 6.42 Å². The molecule has 3 aromatic rings. The molecule has 0 fully saturated rings. The van der Waals surface area contributed by atoms with Crippen LogP contribution in [-0.4, -0.2) is 47.9 Å². The van der Waals surface area contributed by atoms with E-state index in [9.17, 15) is 14.9 Å². The van der Waals surface area contributed by atoms with Gasteiger partial charge in [-0.25, -0.2) is 4.98 Å². The standard InChI is InChI=1S/C19H19ClN4O3S2.ClH/c1-22(2)10-3-11-23(19-21-15-7-4-13(20)12-16(15)29-19)17(25)8-5-14-6-9-18(28-14)24(26)27;/h4-9,12H,3,10-11H2,1-2H3;1H. The van der Waals surface area contributed by atoms with Crippen LogP contribution in [0.15, 0.2) is 36.4 Å². The quantitative estimate of drug-likeness (QED) is 0.244. The molecule has 0 aliphatic heterocycles. The van der Waals surface area contributed by atoms with Gasteiger partial charge in [0.1, 0.15) is 0 Å². The fraction of sp³-hybridized carbons (Fsp3) is 0.263. The Morgan fingerprint density at radius 2 is 2.00 bits per heavy atom. The van der Waals surface area contributed by atoms with Crippen molar-refractivity contribution in [2.24, 2.45) is 0 Å². The summed E-state index contributed by atoms with van der Waals surface area (Å²) < 4.78 is 0.913. The minimum atomic E-state index is -0.441. The van der Waals surface area contributed by atoms with E-state index in [1.165, 1.54) is 23.5 Å². The molecule has 2 heterocycles. The molecule has 0 bridgehead atoms. The maximum Gasteiger partial charge on any atom is 0.324 e. The molecule has 11 heteroatoms. The number of hydrogen-bond acceptors (Lipinski definition) is 7. The van der Waals surface area contributed by atoms with Crippen LogP contribution in [0, 0.1) is 10.1 Å². The van der Waals surface area contributed by atoms with Crippen LogP contribution < -0.4 is 4.90 Å². The number of hydrogen-bond donors (Lipinski definition) is 0. The van der Waals surface area contributed by atoms with Crippen molar-refractivity contribution >= 4 is 79.0 Å². The number of halogens is 2. The van der Waals surface area contributed by atoms with Crippen LogP contribution in [0.3, 0.4) is 0 Å². The molecule has 3 rings (SSSR count). The third-order valence-corrected chi connectivity index (χ3v) is 6.28. The number of thiazole rings is 1. The van der Waals surface area contributed by atoms with E-state index in [0.717, 1.165) is 34.5 Å². The summed E-state index contributed by atoms with van der Waals surface area (Å²) in [6, 6.07) is 8.50. The summed E-state index contributed by atoms with van der Waals surface area (Å²) in [6.07, 6.45) is 3.82. The highest BCUT2D eigenvalue weighted by Gasteiger charge is 2.18. The number of carbonyl (C=O) groups excluding carboxylic acids is 1. The number of nitro groups is 1. The van der Waals surface area contributed by atoms with Crippen LogP contribution in [0.25, 0.3) is 16.3 Å². The van der Waals surface area contributed by atoms with Crippen LogP contribution in [-0.2, 0) is 4.79 Å². The number of thiophene rings is 1. The van der Waals surface area contributed by atoms with Crippen molar-refractivity contribution in [1.82, 2.24) is 9.88 Å². The second-order valence-corrected chi connectivity index (χ2v) is 9.06. The lowest BCUT2D eigenvalue weighted by molar-refractivity contribution is -0.380. The van der Waals surface area contributed by atoms with Gasteiger partial charge in [0.15, 0.2) is 5.13 Å². The van der Waals surface area contributed by atoms with Gasteiger partial charge in [0.2, 0.25) is 0 Å². The maximum atomic E-state index is 12.9. The predicted molar refractivity (Wildman–Crippen MR) is 127 cm³/mol. The highest BCUT2D eigenvalue weighted by Crippen LogP contribution is 2.31. The molecule has 0 atom stereocenters. The van der Waals surface area contributed by atoms with Gasteiger partial charge in [-0.1, -0.05) is 34.3 Å². The zero-order valence-corrected chi connectivity index (χ0v) is 19.5. The zero-order chi connectivity index (χ0) is 21.0. The van der Waals surface area contributed by atoms with Crippen LogP contribution >= 0.6 is 46.7 Å². The summed E-state index contributed by atoms with van der Waals surface area (Å²) in [7, 11) is 3.96. The van der Waals surface area contributed by atoms with Gasteiger partial charge in [-0.05, 0) is 57.4 Å². The smallest absolute Gasteiger partial charge is 0.309 e. The van der Waals surface area contributed by atoms with E-state index in [-0.39, 0.29) is 23.3 Å². The number of nitrogens with zero attached hydrogens (tertiary/aromatic N) is 4. The number of fused-ring (bicyclic) bond motifs is 1. The summed E-state index contributed by atoms with van der Waals surface area (Å²) >= 11 is 8.50. The molecule has 30 heavy (non-hydrogen) atoms. The first kappa shape index (κ1) is 24.2. The third-order valence-electron chi connectivity index (χ3n) is 4.01. The fourth-order valence-corrected chi connectivity index (χ4v) is 4.62. The highest BCUT2D eigenvalue weighted by molar-refractivity contribution is 7.22. The van der Waals surface area contributed by atoms with Crippen LogP contribution in [0.4, 0.5) is 10.1 Å². The number of anilines is 1. The normalized spacial score (nSPS) is 11.2. The Kier molecular flexibility index (Phi) is 8.75. The van der Waals surface area contributed by atoms with E-state index in [1.807, 2.05) is 26.2 Å². The lowest BCUT2D eigenvalue weighted by Crippen LogP contribution is -2.32. The van der Waals surface area contributed by atoms with Crippen molar-refractivity contribution in [3.63, 3.8) is 0 Å². The molecule has 0 spiro atoms. The Hall–Kier alpha value is -2.04. The molecule has 0 aliphatic carbocycles. The lowest BCUT2D eigenvalue weighted by Gasteiger charge is -2.19. The molecular weight excluding hydrogens is 467 g/mol. The van der Waals surface area contributed by atoms with Gasteiger partial charge in [-0.15, -0.1) is 12.4 Å². The number of amides is 1. The van der Waals surface area contributed by atoms with Gasteiger partial charge in [-0.3, -0.25) is 19.8 Å². The van der Waals surface area contributed by atoms with Gasteiger partial charge in [0, 0.05) is 28.6 Å². The monoisotopic (exact) mass is 486 g/mol. The highest BCUT2D eigenvalue weighted by atomic mass is 35.5. The summed E-state index contributed by atoms with van der Waals surface area (Å²) in [6.45, 7) is 1.35. The number of rotatable bonds is 8. The Bertz CT molecular complexity index is 1070.